The molecular formula is C15H20N2O. The Balaban J connectivity index is 1.79. The topological polar surface area (TPSA) is 46.3 Å². The summed E-state index contributed by atoms with van der Waals surface area (Å²) in [5.41, 5.74) is 8.38. The molecule has 3 heteroatoms. The Morgan fingerprint density at radius 3 is 2.61 bits per heavy atom. The van der Waals surface area contributed by atoms with Crippen LogP contribution in [0.25, 0.3) is 0 Å². The van der Waals surface area contributed by atoms with E-state index in [9.17, 15) is 4.79 Å². The van der Waals surface area contributed by atoms with Crippen molar-refractivity contribution in [1.29, 1.82) is 0 Å². The number of anilines is 1. The zero-order chi connectivity index (χ0) is 12.7. The SMILES string of the molecule is Cc1ccc(C(=O)N(CC2CC2)C2CC2)cc1N. The average Bonchev–Trinajstić information content (AvgIpc) is 3.22. The van der Waals surface area contributed by atoms with Gasteiger partial charge < -0.3 is 10.6 Å². The molecular weight excluding hydrogens is 224 g/mol. The number of nitrogens with two attached hydrogens (primary N) is 1. The molecule has 2 saturated carbocycles. The van der Waals surface area contributed by atoms with Crippen LogP contribution in [0.1, 0.15) is 41.6 Å². The van der Waals surface area contributed by atoms with Crippen LogP contribution in [-0.2, 0) is 0 Å². The summed E-state index contributed by atoms with van der Waals surface area (Å²) in [7, 11) is 0. The summed E-state index contributed by atoms with van der Waals surface area (Å²) < 4.78 is 0. The van der Waals surface area contributed by atoms with Crippen LogP contribution >= 0.6 is 0 Å². The summed E-state index contributed by atoms with van der Waals surface area (Å²) in [6.45, 7) is 2.91. The van der Waals surface area contributed by atoms with Crippen molar-refractivity contribution in [1.82, 2.24) is 4.90 Å². The van der Waals surface area contributed by atoms with Gasteiger partial charge in [0.15, 0.2) is 0 Å². The van der Waals surface area contributed by atoms with Gasteiger partial charge in [-0.1, -0.05) is 6.07 Å². The van der Waals surface area contributed by atoms with Gasteiger partial charge in [0.05, 0.1) is 0 Å². The minimum Gasteiger partial charge on any atom is -0.398 e. The van der Waals surface area contributed by atoms with E-state index >= 15 is 0 Å². The van der Waals surface area contributed by atoms with Gasteiger partial charge in [0.2, 0.25) is 0 Å². The van der Waals surface area contributed by atoms with E-state index < -0.39 is 0 Å². The van der Waals surface area contributed by atoms with Crippen LogP contribution in [-0.4, -0.2) is 23.4 Å². The van der Waals surface area contributed by atoms with Crippen LogP contribution in [0.4, 0.5) is 5.69 Å². The van der Waals surface area contributed by atoms with E-state index in [4.69, 9.17) is 5.73 Å². The molecule has 0 unspecified atom stereocenters. The second kappa shape index (κ2) is 4.30. The average molecular weight is 244 g/mol. The standard InChI is InChI=1S/C15H20N2O/c1-10-2-5-12(8-14(10)16)15(18)17(13-6-7-13)9-11-3-4-11/h2,5,8,11,13H,3-4,6-7,9,16H2,1H3. The number of nitrogen functional groups attached to an aromatic ring is 1. The lowest BCUT2D eigenvalue weighted by atomic mass is 10.1. The first kappa shape index (κ1) is 11.6. The van der Waals surface area contributed by atoms with Gasteiger partial charge in [-0.25, -0.2) is 0 Å². The molecule has 2 aliphatic rings. The Bertz CT molecular complexity index is 475. The van der Waals surface area contributed by atoms with Gasteiger partial charge in [0, 0.05) is 23.8 Å². The molecule has 2 fully saturated rings. The fraction of sp³-hybridized carbons (Fsp3) is 0.533. The number of carbonyl (C=O) groups excluding carboxylic acids is 1. The number of benzene rings is 1. The van der Waals surface area contributed by atoms with Crippen LogP contribution in [0.2, 0.25) is 0 Å². The molecule has 0 spiro atoms. The molecule has 0 bridgehead atoms. The molecule has 0 radical (unpaired) electrons. The Morgan fingerprint density at radius 1 is 1.33 bits per heavy atom. The molecule has 0 atom stereocenters. The Kier molecular flexibility index (Phi) is 2.77. The number of hydrogen-bond donors (Lipinski definition) is 1. The fourth-order valence-corrected chi connectivity index (χ4v) is 2.30. The third-order valence-corrected chi connectivity index (χ3v) is 3.93. The van der Waals surface area contributed by atoms with Gasteiger partial charge in [0.25, 0.3) is 5.91 Å². The van der Waals surface area contributed by atoms with Crippen molar-refractivity contribution in [3.05, 3.63) is 29.3 Å². The van der Waals surface area contributed by atoms with Crippen LogP contribution in [0.3, 0.4) is 0 Å². The second-order valence-corrected chi connectivity index (χ2v) is 5.70. The van der Waals surface area contributed by atoms with Crippen molar-refractivity contribution in [2.24, 2.45) is 5.92 Å². The molecule has 96 valence electrons. The molecule has 0 heterocycles. The van der Waals surface area contributed by atoms with E-state index in [0.29, 0.717) is 11.7 Å². The van der Waals surface area contributed by atoms with Crippen molar-refractivity contribution in [2.75, 3.05) is 12.3 Å². The predicted molar refractivity (Wildman–Crippen MR) is 72.4 cm³/mol. The number of rotatable bonds is 4. The summed E-state index contributed by atoms with van der Waals surface area (Å²) in [6, 6.07) is 6.14. The van der Waals surface area contributed by atoms with Gasteiger partial charge in [-0.3, -0.25) is 4.79 Å². The third-order valence-electron chi connectivity index (χ3n) is 3.93. The van der Waals surface area contributed by atoms with E-state index in [0.717, 1.165) is 23.6 Å². The number of amides is 1. The van der Waals surface area contributed by atoms with Crippen molar-refractivity contribution in [2.45, 2.75) is 38.6 Å². The van der Waals surface area contributed by atoms with Crippen LogP contribution in [0.5, 0.6) is 0 Å². The molecule has 3 nitrogen and oxygen atoms in total. The highest BCUT2D eigenvalue weighted by Crippen LogP contribution is 2.35. The maximum absolute atomic E-state index is 12.5. The van der Waals surface area contributed by atoms with E-state index in [2.05, 4.69) is 4.90 Å². The first-order valence-electron chi connectivity index (χ1n) is 6.82. The van der Waals surface area contributed by atoms with Crippen LogP contribution < -0.4 is 5.73 Å². The fourth-order valence-electron chi connectivity index (χ4n) is 2.30. The first-order chi connectivity index (χ1) is 8.65. The van der Waals surface area contributed by atoms with Crippen molar-refractivity contribution in [3.63, 3.8) is 0 Å². The summed E-state index contributed by atoms with van der Waals surface area (Å²) in [5.74, 6) is 0.911. The molecule has 0 aliphatic heterocycles. The quantitative estimate of drug-likeness (QED) is 0.827. The zero-order valence-electron chi connectivity index (χ0n) is 10.9. The maximum Gasteiger partial charge on any atom is 0.254 e. The zero-order valence-corrected chi connectivity index (χ0v) is 10.9. The molecule has 18 heavy (non-hydrogen) atoms. The Hall–Kier alpha value is -1.51. The lowest BCUT2D eigenvalue weighted by molar-refractivity contribution is 0.0735. The minimum atomic E-state index is 0.163. The number of carbonyl (C=O) groups is 1. The first-order valence-corrected chi connectivity index (χ1v) is 6.82. The van der Waals surface area contributed by atoms with E-state index in [1.807, 2.05) is 25.1 Å². The van der Waals surface area contributed by atoms with Crippen molar-refractivity contribution >= 4 is 11.6 Å². The van der Waals surface area contributed by atoms with Crippen molar-refractivity contribution in [3.8, 4) is 0 Å². The summed E-state index contributed by atoms with van der Waals surface area (Å²) in [5, 5.41) is 0. The number of aryl methyl sites for hydroxylation is 1. The highest BCUT2D eigenvalue weighted by Gasteiger charge is 2.36. The highest BCUT2D eigenvalue weighted by atomic mass is 16.2. The van der Waals surface area contributed by atoms with E-state index in [1.165, 1.54) is 25.7 Å². The largest absolute Gasteiger partial charge is 0.398 e. The highest BCUT2D eigenvalue weighted by molar-refractivity contribution is 5.95. The Morgan fingerprint density at radius 2 is 2.06 bits per heavy atom. The van der Waals surface area contributed by atoms with Gasteiger partial charge in [0.1, 0.15) is 0 Å². The van der Waals surface area contributed by atoms with Crippen LogP contribution in [0, 0.1) is 12.8 Å². The van der Waals surface area contributed by atoms with Gasteiger partial charge >= 0.3 is 0 Å². The van der Waals surface area contributed by atoms with Crippen LogP contribution in [0.15, 0.2) is 18.2 Å². The van der Waals surface area contributed by atoms with Crippen molar-refractivity contribution < 1.29 is 4.79 Å². The predicted octanol–water partition coefficient (Wildman–Crippen LogP) is 2.59. The molecule has 2 aliphatic carbocycles. The molecule has 3 rings (SSSR count). The summed E-state index contributed by atoms with van der Waals surface area (Å²) in [6.07, 6.45) is 4.90. The lowest BCUT2D eigenvalue weighted by Gasteiger charge is -2.22. The smallest absolute Gasteiger partial charge is 0.254 e. The minimum absolute atomic E-state index is 0.163. The molecule has 1 amide bonds. The van der Waals surface area contributed by atoms with E-state index in [1.54, 1.807) is 0 Å². The molecule has 1 aromatic rings. The molecule has 2 N–H and O–H groups in total. The summed E-state index contributed by atoms with van der Waals surface area (Å²) >= 11 is 0. The number of nitrogens with zero attached hydrogens (tertiary/aromatic N) is 1. The monoisotopic (exact) mass is 244 g/mol. The van der Waals surface area contributed by atoms with Gasteiger partial charge in [-0.2, -0.15) is 0 Å². The van der Waals surface area contributed by atoms with Gasteiger partial charge in [-0.05, 0) is 56.2 Å². The summed E-state index contributed by atoms with van der Waals surface area (Å²) in [4.78, 5) is 14.6. The number of hydrogen-bond acceptors (Lipinski definition) is 2. The third kappa shape index (κ3) is 2.35. The second-order valence-electron chi connectivity index (χ2n) is 5.70. The molecule has 1 aromatic carbocycles. The normalized spacial score (nSPS) is 18.7. The molecule has 0 aromatic heterocycles. The van der Waals surface area contributed by atoms with E-state index in [-0.39, 0.29) is 5.91 Å². The molecule has 0 saturated heterocycles. The lowest BCUT2D eigenvalue weighted by Crippen LogP contribution is -2.34. The maximum atomic E-state index is 12.5. The van der Waals surface area contributed by atoms with Gasteiger partial charge in [-0.15, -0.1) is 0 Å². The Labute approximate surface area is 108 Å².